The Morgan fingerprint density at radius 1 is 1.11 bits per heavy atom. The van der Waals surface area contributed by atoms with Crippen LogP contribution < -0.4 is 5.32 Å². The molecule has 38 heavy (non-hydrogen) atoms. The zero-order chi connectivity index (χ0) is 27.2. The van der Waals surface area contributed by atoms with Gasteiger partial charge in [-0.25, -0.2) is 9.59 Å². The number of nitrogens with zero attached hydrogens (tertiary/aromatic N) is 5. The van der Waals surface area contributed by atoms with Crippen LogP contribution in [0.2, 0.25) is 5.02 Å². The van der Waals surface area contributed by atoms with Gasteiger partial charge in [-0.05, 0) is 28.8 Å². The lowest BCUT2D eigenvalue weighted by molar-refractivity contribution is -0.123. The van der Waals surface area contributed by atoms with Crippen molar-refractivity contribution in [3.05, 3.63) is 45.4 Å². The van der Waals surface area contributed by atoms with Crippen LogP contribution in [0.25, 0.3) is 0 Å². The first-order valence-electron chi connectivity index (χ1n) is 12.3. The third-order valence-electron chi connectivity index (χ3n) is 6.84. The van der Waals surface area contributed by atoms with Crippen LogP contribution in [0, 0.1) is 5.41 Å². The molecule has 0 saturated carbocycles. The van der Waals surface area contributed by atoms with Gasteiger partial charge in [-0.2, -0.15) is 0 Å². The fourth-order valence-corrected chi connectivity index (χ4v) is 4.80. The third kappa shape index (κ3) is 5.13. The molecule has 0 saturated heterocycles. The zero-order valence-corrected chi connectivity index (χ0v) is 22.2. The number of hydrogen-bond donors (Lipinski definition) is 2. The second kappa shape index (κ2) is 9.82. The molecular formula is C25H29ClN6O6. The summed E-state index contributed by atoms with van der Waals surface area (Å²) in [6.07, 6.45) is 1.42. The van der Waals surface area contributed by atoms with E-state index in [0.29, 0.717) is 66.9 Å². The van der Waals surface area contributed by atoms with Crippen molar-refractivity contribution in [2.75, 3.05) is 38.0 Å². The number of pyridine rings is 1. The van der Waals surface area contributed by atoms with Crippen LogP contribution in [-0.2, 0) is 29.1 Å². The summed E-state index contributed by atoms with van der Waals surface area (Å²) in [5, 5.41) is 16.4. The molecular weight excluding hydrogens is 516 g/mol. The Labute approximate surface area is 224 Å². The average Bonchev–Trinajstić information content (AvgIpc) is 3.55. The number of ether oxygens (including phenoxy) is 1. The van der Waals surface area contributed by atoms with Gasteiger partial charge < -0.3 is 34.4 Å². The van der Waals surface area contributed by atoms with Crippen LogP contribution in [-0.4, -0.2) is 80.7 Å². The van der Waals surface area contributed by atoms with E-state index in [2.05, 4.69) is 15.5 Å². The maximum Gasteiger partial charge on any atom is 0.410 e. The summed E-state index contributed by atoms with van der Waals surface area (Å²) in [5.74, 6) is 0.183. The molecule has 202 valence electrons. The molecule has 0 radical (unpaired) electrons. The summed E-state index contributed by atoms with van der Waals surface area (Å²) in [7, 11) is 0. The fraction of sp³-hybridized carbons (Fsp3) is 0.480. The number of anilines is 1. The van der Waals surface area contributed by atoms with Gasteiger partial charge >= 0.3 is 12.1 Å². The van der Waals surface area contributed by atoms with Crippen LogP contribution in [0.3, 0.4) is 0 Å². The van der Waals surface area contributed by atoms with E-state index in [4.69, 9.17) is 20.9 Å². The van der Waals surface area contributed by atoms with Crippen LogP contribution >= 0.6 is 11.6 Å². The maximum atomic E-state index is 13.1. The molecule has 3 aliphatic rings. The van der Waals surface area contributed by atoms with Gasteiger partial charge in [0.1, 0.15) is 12.3 Å². The van der Waals surface area contributed by atoms with E-state index in [-0.39, 0.29) is 31.0 Å². The molecule has 12 nitrogen and oxygen atoms in total. The van der Waals surface area contributed by atoms with E-state index in [0.717, 1.165) is 11.1 Å². The smallest absolute Gasteiger partial charge is 0.410 e. The topological polar surface area (TPSA) is 141 Å². The molecule has 5 rings (SSSR count). The molecule has 2 N–H and O–H groups in total. The largest absolute Gasteiger partial charge is 0.491 e. The summed E-state index contributed by atoms with van der Waals surface area (Å²) >= 11 is 6.06. The number of nitrogens with one attached hydrogen (secondary N) is 1. The number of carbonyl (C=O) groups excluding carboxylic acids is 3. The maximum absolute atomic E-state index is 13.1. The molecule has 0 atom stereocenters. The molecule has 4 amide bonds. The van der Waals surface area contributed by atoms with Gasteiger partial charge in [-0.3, -0.25) is 9.78 Å². The van der Waals surface area contributed by atoms with Gasteiger partial charge in [0.15, 0.2) is 5.76 Å². The van der Waals surface area contributed by atoms with Crippen LogP contribution in [0.4, 0.5) is 15.3 Å². The SMILES string of the molecule is CC(C)(C)C(=O)Nc1cc(Cl)cnc1COC(=O)N1CC2=C(C1)CN(C(=O)N1CCc3c(O)noc3C1)C2. The first-order valence-corrected chi connectivity index (χ1v) is 12.6. The van der Waals surface area contributed by atoms with E-state index in [1.165, 1.54) is 6.20 Å². The summed E-state index contributed by atoms with van der Waals surface area (Å²) in [6, 6.07) is 1.46. The van der Waals surface area contributed by atoms with E-state index in [9.17, 15) is 19.5 Å². The highest BCUT2D eigenvalue weighted by atomic mass is 35.5. The Hall–Kier alpha value is -3.80. The summed E-state index contributed by atoms with van der Waals surface area (Å²) in [5.41, 5.74) is 2.86. The lowest BCUT2D eigenvalue weighted by Crippen LogP contribution is -2.45. The number of amides is 4. The summed E-state index contributed by atoms with van der Waals surface area (Å²) in [6.45, 7) is 7.59. The van der Waals surface area contributed by atoms with Gasteiger partial charge in [0.25, 0.3) is 5.88 Å². The van der Waals surface area contributed by atoms with Gasteiger partial charge in [0, 0.05) is 44.3 Å². The highest BCUT2D eigenvalue weighted by Gasteiger charge is 2.37. The van der Waals surface area contributed by atoms with Crippen molar-refractivity contribution in [1.29, 1.82) is 0 Å². The summed E-state index contributed by atoms with van der Waals surface area (Å²) in [4.78, 5) is 47.5. The molecule has 0 unspecified atom stereocenters. The van der Waals surface area contributed by atoms with Crippen molar-refractivity contribution >= 4 is 35.3 Å². The van der Waals surface area contributed by atoms with E-state index >= 15 is 0 Å². The number of rotatable bonds is 3. The van der Waals surface area contributed by atoms with Crippen LogP contribution in [0.15, 0.2) is 27.9 Å². The lowest BCUT2D eigenvalue weighted by Gasteiger charge is -2.31. The predicted molar refractivity (Wildman–Crippen MR) is 135 cm³/mol. The molecule has 2 aromatic heterocycles. The standard InChI is InChI=1S/C25H29ClN6O6/c1-25(2,3)22(34)28-18-6-16(26)7-27-19(18)13-37-24(36)32-10-14-8-31(9-15(14)11-32)23(35)30-5-4-17-20(12-30)38-29-21(17)33/h6-7H,4-5,8-13H2,1-3H3,(H,28,34)(H,29,33). The van der Waals surface area contributed by atoms with Crippen molar-refractivity contribution in [3.8, 4) is 5.88 Å². The minimum absolute atomic E-state index is 0.112. The molecule has 13 heteroatoms. The second-order valence-corrected chi connectivity index (χ2v) is 11.1. The monoisotopic (exact) mass is 544 g/mol. The van der Waals surface area contributed by atoms with Crippen molar-refractivity contribution in [1.82, 2.24) is 24.8 Å². The van der Waals surface area contributed by atoms with E-state index in [1.54, 1.807) is 41.5 Å². The van der Waals surface area contributed by atoms with Crippen molar-refractivity contribution < 1.29 is 28.8 Å². The Kier molecular flexibility index (Phi) is 6.68. The van der Waals surface area contributed by atoms with Gasteiger partial charge in [-0.1, -0.05) is 32.4 Å². The molecule has 5 heterocycles. The molecule has 0 bridgehead atoms. The fourth-order valence-electron chi connectivity index (χ4n) is 4.64. The zero-order valence-electron chi connectivity index (χ0n) is 21.4. The number of aromatic nitrogens is 2. The first kappa shape index (κ1) is 25.8. The average molecular weight is 545 g/mol. The van der Waals surface area contributed by atoms with Gasteiger partial charge in [-0.15, -0.1) is 0 Å². The highest BCUT2D eigenvalue weighted by Crippen LogP contribution is 2.30. The van der Waals surface area contributed by atoms with E-state index in [1.807, 2.05) is 0 Å². The van der Waals surface area contributed by atoms with Crippen molar-refractivity contribution in [2.24, 2.45) is 5.41 Å². The molecule has 0 spiro atoms. The van der Waals surface area contributed by atoms with Crippen LogP contribution in [0.5, 0.6) is 5.88 Å². The Bertz CT molecular complexity index is 1310. The van der Waals surface area contributed by atoms with Crippen molar-refractivity contribution in [3.63, 3.8) is 0 Å². The number of carbonyl (C=O) groups is 3. The Morgan fingerprint density at radius 3 is 2.47 bits per heavy atom. The minimum atomic E-state index is -0.622. The Balaban J connectivity index is 1.13. The van der Waals surface area contributed by atoms with Gasteiger partial charge in [0.2, 0.25) is 5.91 Å². The molecule has 3 aliphatic heterocycles. The first-order chi connectivity index (χ1) is 18.0. The van der Waals surface area contributed by atoms with Crippen molar-refractivity contribution in [2.45, 2.75) is 40.3 Å². The Morgan fingerprint density at radius 2 is 1.79 bits per heavy atom. The predicted octanol–water partition coefficient (Wildman–Crippen LogP) is 3.16. The molecule has 0 aliphatic carbocycles. The lowest BCUT2D eigenvalue weighted by atomic mass is 9.95. The third-order valence-corrected chi connectivity index (χ3v) is 7.05. The number of fused-ring (bicyclic) bond motifs is 1. The molecule has 0 aromatic carbocycles. The number of hydrogen-bond acceptors (Lipinski definition) is 8. The highest BCUT2D eigenvalue weighted by molar-refractivity contribution is 6.30. The quantitative estimate of drug-likeness (QED) is 0.561. The second-order valence-electron chi connectivity index (χ2n) is 10.7. The minimum Gasteiger partial charge on any atom is -0.491 e. The summed E-state index contributed by atoms with van der Waals surface area (Å²) < 4.78 is 10.6. The number of aromatic hydroxyl groups is 1. The number of urea groups is 1. The molecule has 2 aromatic rings. The normalized spacial score (nSPS) is 17.0. The van der Waals surface area contributed by atoms with Crippen LogP contribution in [0.1, 0.15) is 37.8 Å². The molecule has 0 fully saturated rings. The van der Waals surface area contributed by atoms with E-state index < -0.39 is 11.5 Å². The van der Waals surface area contributed by atoms with Gasteiger partial charge in [0.05, 0.1) is 22.8 Å². The number of halogens is 1.